The van der Waals surface area contributed by atoms with Crippen LogP contribution < -0.4 is 11.1 Å². The van der Waals surface area contributed by atoms with Gasteiger partial charge in [0.1, 0.15) is 27.2 Å². The molecule has 2 aliphatic rings. The zero-order chi connectivity index (χ0) is 22.6. The molecule has 2 aromatic heterocycles. The number of fused-ring (bicyclic) bond motifs is 2. The number of hydrogen-bond acceptors (Lipinski definition) is 7. The van der Waals surface area contributed by atoms with Crippen LogP contribution in [0.1, 0.15) is 41.9 Å². The third-order valence-electron chi connectivity index (χ3n) is 6.15. The van der Waals surface area contributed by atoms with Crippen molar-refractivity contribution in [2.24, 2.45) is 7.05 Å². The summed E-state index contributed by atoms with van der Waals surface area (Å²) >= 11 is 0.835. The number of nitrogens with zero attached hydrogens (tertiary/aromatic N) is 3. The van der Waals surface area contributed by atoms with Crippen molar-refractivity contribution in [2.75, 3.05) is 11.1 Å². The molecule has 0 unspecified atom stereocenters. The number of rotatable bonds is 4. The molecular formula is C21H21F2N5O3S. The minimum absolute atomic E-state index is 0.0171. The standard InChI is InChI=1S/C21H21F2N5O3S/c1-28-17(21-7-5-13(29)14(31-21)6-8-21)12(9-25-28)26-19(30)16-18(24)32-20(27-16)15-10(22)3-2-4-11(15)23/h2-4,9,13-14,29H,5-8,24H2,1H3,(H,26,30)/t13-,14-,21+/m0/s1. The minimum Gasteiger partial charge on any atom is -0.390 e. The molecule has 32 heavy (non-hydrogen) atoms. The summed E-state index contributed by atoms with van der Waals surface area (Å²) in [7, 11) is 1.76. The Labute approximate surface area is 186 Å². The van der Waals surface area contributed by atoms with Gasteiger partial charge in [-0.1, -0.05) is 17.4 Å². The number of aliphatic hydroxyl groups is 1. The SMILES string of the molecule is Cn1ncc(NC(=O)c2nc(-c3c(F)cccc3F)sc2N)c1[C@@]12CC[C@H](O1)[C@@H](O)CC2. The first kappa shape index (κ1) is 21.0. The first-order valence-electron chi connectivity index (χ1n) is 10.2. The van der Waals surface area contributed by atoms with E-state index in [1.165, 1.54) is 12.3 Å². The zero-order valence-corrected chi connectivity index (χ0v) is 18.0. The van der Waals surface area contributed by atoms with Gasteiger partial charge in [0.05, 0.1) is 35.3 Å². The molecule has 4 N–H and O–H groups in total. The van der Waals surface area contributed by atoms with E-state index in [4.69, 9.17) is 10.5 Å². The second-order valence-corrected chi connectivity index (χ2v) is 9.14. The molecule has 3 aromatic rings. The molecular weight excluding hydrogens is 440 g/mol. The molecule has 2 saturated heterocycles. The number of nitrogens with two attached hydrogens (primary N) is 1. The lowest BCUT2D eigenvalue weighted by Gasteiger charge is -2.36. The van der Waals surface area contributed by atoms with Crippen LogP contribution in [0.15, 0.2) is 24.4 Å². The van der Waals surface area contributed by atoms with Crippen LogP contribution in [0.4, 0.5) is 19.5 Å². The number of aliphatic hydroxyl groups excluding tert-OH is 1. The van der Waals surface area contributed by atoms with Crippen LogP contribution in [-0.2, 0) is 17.4 Å². The average molecular weight is 461 g/mol. The van der Waals surface area contributed by atoms with Gasteiger partial charge in [-0.2, -0.15) is 5.10 Å². The fourth-order valence-corrected chi connectivity index (χ4v) is 5.53. The topological polar surface area (TPSA) is 115 Å². The number of aromatic nitrogens is 3. The van der Waals surface area contributed by atoms with E-state index in [9.17, 15) is 18.7 Å². The summed E-state index contributed by atoms with van der Waals surface area (Å²) in [6, 6.07) is 3.49. The summed E-state index contributed by atoms with van der Waals surface area (Å²) < 4.78 is 36.1. The predicted molar refractivity (Wildman–Crippen MR) is 114 cm³/mol. The molecule has 4 heterocycles. The molecule has 11 heteroatoms. The van der Waals surface area contributed by atoms with Crippen LogP contribution in [0.5, 0.6) is 0 Å². The highest BCUT2D eigenvalue weighted by molar-refractivity contribution is 7.19. The highest BCUT2D eigenvalue weighted by Gasteiger charge is 2.50. The maximum atomic E-state index is 14.1. The molecule has 2 fully saturated rings. The van der Waals surface area contributed by atoms with Crippen LogP contribution in [0, 0.1) is 11.6 Å². The number of halogens is 2. The maximum absolute atomic E-state index is 14.1. The van der Waals surface area contributed by atoms with Crippen molar-refractivity contribution in [2.45, 2.75) is 43.5 Å². The number of benzene rings is 1. The van der Waals surface area contributed by atoms with E-state index < -0.39 is 29.2 Å². The van der Waals surface area contributed by atoms with E-state index in [0.29, 0.717) is 30.6 Å². The third-order valence-corrected chi connectivity index (χ3v) is 7.05. The van der Waals surface area contributed by atoms with Crippen molar-refractivity contribution in [3.63, 3.8) is 0 Å². The molecule has 168 valence electrons. The van der Waals surface area contributed by atoms with Gasteiger partial charge in [0.2, 0.25) is 0 Å². The number of carbonyl (C=O) groups is 1. The predicted octanol–water partition coefficient (Wildman–Crippen LogP) is 3.19. The summed E-state index contributed by atoms with van der Waals surface area (Å²) in [4.78, 5) is 17.1. The second-order valence-electron chi connectivity index (χ2n) is 8.11. The summed E-state index contributed by atoms with van der Waals surface area (Å²) in [5.41, 5.74) is 6.03. The highest BCUT2D eigenvalue weighted by Crippen LogP contribution is 2.50. The number of hydrogen-bond donors (Lipinski definition) is 3. The number of anilines is 2. The number of thiazole rings is 1. The van der Waals surface area contributed by atoms with E-state index in [1.807, 2.05) is 0 Å². The summed E-state index contributed by atoms with van der Waals surface area (Å²) in [6.45, 7) is 0. The lowest BCUT2D eigenvalue weighted by atomic mass is 9.89. The van der Waals surface area contributed by atoms with Crippen LogP contribution >= 0.6 is 11.3 Å². The number of aryl methyl sites for hydroxylation is 1. The molecule has 1 amide bonds. The molecule has 5 rings (SSSR count). The monoisotopic (exact) mass is 461 g/mol. The van der Waals surface area contributed by atoms with Crippen molar-refractivity contribution in [3.05, 3.63) is 47.4 Å². The Bertz CT molecular complexity index is 1190. The molecule has 3 atom stereocenters. The Kier molecular flexibility index (Phi) is 4.99. The largest absolute Gasteiger partial charge is 0.390 e. The molecule has 0 saturated carbocycles. The van der Waals surface area contributed by atoms with Crippen molar-refractivity contribution in [1.29, 1.82) is 0 Å². The van der Waals surface area contributed by atoms with Gasteiger partial charge in [0, 0.05) is 7.05 Å². The molecule has 2 aliphatic heterocycles. The van der Waals surface area contributed by atoms with Crippen LogP contribution in [-0.4, -0.2) is 38.0 Å². The lowest BCUT2D eigenvalue weighted by Crippen LogP contribution is -2.39. The van der Waals surface area contributed by atoms with Gasteiger partial charge >= 0.3 is 0 Å². The molecule has 1 aromatic carbocycles. The third kappa shape index (κ3) is 3.28. The molecule has 0 radical (unpaired) electrons. The van der Waals surface area contributed by atoms with E-state index in [2.05, 4.69) is 15.4 Å². The van der Waals surface area contributed by atoms with Crippen molar-refractivity contribution in [3.8, 4) is 10.6 Å². The summed E-state index contributed by atoms with van der Waals surface area (Å²) in [5, 5.41) is 17.2. The average Bonchev–Trinajstić information content (AvgIpc) is 3.42. The van der Waals surface area contributed by atoms with E-state index in [0.717, 1.165) is 29.9 Å². The Morgan fingerprint density at radius 2 is 2.06 bits per heavy atom. The normalized spacial score (nSPS) is 24.6. The van der Waals surface area contributed by atoms with E-state index >= 15 is 0 Å². The van der Waals surface area contributed by atoms with Crippen molar-refractivity contribution >= 4 is 27.9 Å². The Morgan fingerprint density at radius 3 is 2.81 bits per heavy atom. The fourth-order valence-electron chi connectivity index (χ4n) is 4.65. The maximum Gasteiger partial charge on any atom is 0.277 e. The van der Waals surface area contributed by atoms with Gasteiger partial charge in [0.25, 0.3) is 5.91 Å². The number of nitrogen functional groups attached to an aromatic ring is 1. The van der Waals surface area contributed by atoms with Gasteiger partial charge in [-0.15, -0.1) is 0 Å². The van der Waals surface area contributed by atoms with Crippen LogP contribution in [0.2, 0.25) is 0 Å². The van der Waals surface area contributed by atoms with E-state index in [1.54, 1.807) is 11.7 Å². The van der Waals surface area contributed by atoms with E-state index in [-0.39, 0.29) is 27.4 Å². The van der Waals surface area contributed by atoms with Gasteiger partial charge in [-0.05, 0) is 37.8 Å². The molecule has 0 spiro atoms. The van der Waals surface area contributed by atoms with Gasteiger partial charge < -0.3 is 20.9 Å². The quantitative estimate of drug-likeness (QED) is 0.550. The fraction of sp³-hybridized carbons (Fsp3) is 0.381. The summed E-state index contributed by atoms with van der Waals surface area (Å²) in [5.74, 6) is -2.18. The van der Waals surface area contributed by atoms with Crippen molar-refractivity contribution in [1.82, 2.24) is 14.8 Å². The first-order valence-corrected chi connectivity index (χ1v) is 11.0. The zero-order valence-electron chi connectivity index (χ0n) is 17.1. The molecule has 8 nitrogen and oxygen atoms in total. The van der Waals surface area contributed by atoms with Crippen LogP contribution in [0.25, 0.3) is 10.6 Å². The number of ether oxygens (including phenoxy) is 1. The van der Waals surface area contributed by atoms with Crippen LogP contribution in [0.3, 0.4) is 0 Å². The van der Waals surface area contributed by atoms with Gasteiger partial charge in [0.15, 0.2) is 5.69 Å². The second kappa shape index (κ2) is 7.61. The van der Waals surface area contributed by atoms with Crippen molar-refractivity contribution < 1.29 is 23.4 Å². The number of nitrogens with one attached hydrogen (secondary N) is 1. The lowest BCUT2D eigenvalue weighted by molar-refractivity contribution is -0.137. The Morgan fingerprint density at radius 1 is 1.34 bits per heavy atom. The minimum atomic E-state index is -0.785. The van der Waals surface area contributed by atoms with Gasteiger partial charge in [-0.25, -0.2) is 13.8 Å². The Hall–Kier alpha value is -2.89. The smallest absolute Gasteiger partial charge is 0.277 e. The molecule has 0 aliphatic carbocycles. The van der Waals surface area contributed by atoms with Gasteiger partial charge in [-0.3, -0.25) is 9.48 Å². The highest BCUT2D eigenvalue weighted by atomic mass is 32.1. The first-order chi connectivity index (χ1) is 15.3. The molecule has 2 bridgehead atoms. The Balaban J connectivity index is 1.45. The summed E-state index contributed by atoms with van der Waals surface area (Å²) in [6.07, 6.45) is 3.40. The number of amides is 1. The number of carbonyl (C=O) groups excluding carboxylic acids is 1.